The van der Waals surface area contributed by atoms with Gasteiger partial charge in [-0.15, -0.1) is 0 Å². The van der Waals surface area contributed by atoms with Gasteiger partial charge in [-0.3, -0.25) is 4.79 Å². The van der Waals surface area contributed by atoms with Gasteiger partial charge in [0, 0.05) is 12.6 Å². The first-order chi connectivity index (χ1) is 13.5. The Labute approximate surface area is 166 Å². The van der Waals surface area contributed by atoms with Gasteiger partial charge in [0.2, 0.25) is 5.91 Å². The van der Waals surface area contributed by atoms with E-state index in [0.29, 0.717) is 0 Å². The number of ether oxygens (including phenoxy) is 1. The number of methoxy groups -OCH3 is 1. The highest BCUT2D eigenvalue weighted by Gasteiger charge is 2.13. The molecule has 1 amide bonds. The van der Waals surface area contributed by atoms with Gasteiger partial charge in [-0.1, -0.05) is 48.5 Å². The second kappa shape index (κ2) is 9.20. The van der Waals surface area contributed by atoms with Crippen molar-refractivity contribution in [2.75, 3.05) is 27.7 Å². The van der Waals surface area contributed by atoms with E-state index < -0.39 is 0 Å². The van der Waals surface area contributed by atoms with Crippen LogP contribution in [0.3, 0.4) is 0 Å². The fraction of sp³-hybridized carbons (Fsp3) is 0.208. The van der Waals surface area contributed by atoms with E-state index in [2.05, 4.69) is 16.3 Å². The van der Waals surface area contributed by atoms with Crippen LogP contribution in [-0.4, -0.2) is 38.6 Å². The molecule has 3 aromatic carbocycles. The number of nitrogens with one attached hydrogen (secondary N) is 1. The zero-order valence-corrected chi connectivity index (χ0v) is 16.6. The zero-order valence-electron chi connectivity index (χ0n) is 16.6. The average molecular weight is 374 g/mol. The number of rotatable bonds is 7. The van der Waals surface area contributed by atoms with Crippen molar-refractivity contribution in [2.45, 2.75) is 6.04 Å². The highest BCUT2D eigenvalue weighted by Crippen LogP contribution is 2.22. The highest BCUT2D eigenvalue weighted by molar-refractivity contribution is 5.93. The highest BCUT2D eigenvalue weighted by atomic mass is 16.5. The molecule has 3 aromatic rings. The normalized spacial score (nSPS) is 12.4. The van der Waals surface area contributed by atoms with Crippen molar-refractivity contribution in [1.82, 2.24) is 10.2 Å². The van der Waals surface area contributed by atoms with Crippen LogP contribution in [0.2, 0.25) is 0 Å². The summed E-state index contributed by atoms with van der Waals surface area (Å²) in [5.41, 5.74) is 2.08. The predicted molar refractivity (Wildman–Crippen MR) is 115 cm³/mol. The summed E-state index contributed by atoms with van der Waals surface area (Å²) in [6.07, 6.45) is 3.44. The molecule has 1 N–H and O–H groups in total. The Hall–Kier alpha value is -3.11. The quantitative estimate of drug-likeness (QED) is 0.628. The first-order valence-corrected chi connectivity index (χ1v) is 9.31. The van der Waals surface area contributed by atoms with Crippen molar-refractivity contribution in [3.63, 3.8) is 0 Å². The van der Waals surface area contributed by atoms with E-state index in [1.165, 1.54) is 0 Å². The predicted octanol–water partition coefficient (Wildman–Crippen LogP) is 4.28. The van der Waals surface area contributed by atoms with Gasteiger partial charge in [-0.2, -0.15) is 0 Å². The van der Waals surface area contributed by atoms with Crippen LogP contribution in [0.15, 0.2) is 72.8 Å². The Morgan fingerprint density at radius 3 is 2.46 bits per heavy atom. The van der Waals surface area contributed by atoms with Gasteiger partial charge < -0.3 is 15.0 Å². The number of carbonyl (C=O) groups excluding carboxylic acids is 1. The lowest BCUT2D eigenvalue weighted by molar-refractivity contribution is -0.117. The third-order valence-corrected chi connectivity index (χ3v) is 4.56. The second-order valence-electron chi connectivity index (χ2n) is 7.04. The molecular formula is C24H26N2O2. The SMILES string of the molecule is COc1ccc2cc(/C=C/C(=O)NC(CN(C)C)c3ccccc3)ccc2c1. The maximum absolute atomic E-state index is 12.5. The molecule has 0 fully saturated rings. The molecule has 1 atom stereocenters. The van der Waals surface area contributed by atoms with Gasteiger partial charge in [0.1, 0.15) is 5.75 Å². The molecule has 0 bridgehead atoms. The topological polar surface area (TPSA) is 41.6 Å². The molecule has 0 aliphatic heterocycles. The minimum Gasteiger partial charge on any atom is -0.497 e. The number of nitrogens with zero attached hydrogens (tertiary/aromatic N) is 1. The lowest BCUT2D eigenvalue weighted by Gasteiger charge is -2.22. The zero-order chi connectivity index (χ0) is 19.9. The van der Waals surface area contributed by atoms with Crippen LogP contribution in [-0.2, 0) is 4.79 Å². The largest absolute Gasteiger partial charge is 0.497 e. The average Bonchev–Trinajstić information content (AvgIpc) is 2.71. The van der Waals surface area contributed by atoms with E-state index in [1.807, 2.05) is 80.8 Å². The van der Waals surface area contributed by atoms with Gasteiger partial charge in [0.15, 0.2) is 0 Å². The van der Waals surface area contributed by atoms with Crippen molar-refractivity contribution in [2.24, 2.45) is 0 Å². The fourth-order valence-electron chi connectivity index (χ4n) is 3.15. The van der Waals surface area contributed by atoms with E-state index in [1.54, 1.807) is 13.2 Å². The summed E-state index contributed by atoms with van der Waals surface area (Å²) in [5, 5.41) is 5.32. The molecule has 144 valence electrons. The number of hydrogen-bond acceptors (Lipinski definition) is 3. The molecule has 0 radical (unpaired) electrons. The first-order valence-electron chi connectivity index (χ1n) is 9.31. The summed E-state index contributed by atoms with van der Waals surface area (Å²) >= 11 is 0. The maximum Gasteiger partial charge on any atom is 0.244 e. The molecule has 0 heterocycles. The summed E-state index contributed by atoms with van der Waals surface area (Å²) in [6.45, 7) is 0.738. The smallest absolute Gasteiger partial charge is 0.244 e. The summed E-state index contributed by atoms with van der Waals surface area (Å²) in [6, 6.07) is 22.0. The van der Waals surface area contributed by atoms with Crippen molar-refractivity contribution in [3.8, 4) is 5.75 Å². The molecule has 0 aromatic heterocycles. The van der Waals surface area contributed by atoms with Crippen molar-refractivity contribution >= 4 is 22.8 Å². The van der Waals surface area contributed by atoms with Crippen LogP contribution in [0, 0.1) is 0 Å². The number of carbonyl (C=O) groups is 1. The molecule has 0 aliphatic carbocycles. The van der Waals surface area contributed by atoms with E-state index in [0.717, 1.165) is 34.2 Å². The molecule has 0 aliphatic rings. The molecule has 28 heavy (non-hydrogen) atoms. The minimum atomic E-state index is -0.106. The minimum absolute atomic E-state index is 0.0579. The molecule has 0 saturated carbocycles. The van der Waals surface area contributed by atoms with Gasteiger partial charge in [0.05, 0.1) is 13.2 Å². The Morgan fingerprint density at radius 2 is 1.75 bits per heavy atom. The summed E-state index contributed by atoms with van der Waals surface area (Å²) in [5.74, 6) is 0.730. The van der Waals surface area contributed by atoms with Crippen LogP contribution < -0.4 is 10.1 Å². The third-order valence-electron chi connectivity index (χ3n) is 4.56. The van der Waals surface area contributed by atoms with E-state index in [-0.39, 0.29) is 11.9 Å². The fourth-order valence-corrected chi connectivity index (χ4v) is 3.15. The molecule has 0 spiro atoms. The molecule has 4 heteroatoms. The van der Waals surface area contributed by atoms with E-state index in [4.69, 9.17) is 4.74 Å². The van der Waals surface area contributed by atoms with Crippen LogP contribution in [0.4, 0.5) is 0 Å². The van der Waals surface area contributed by atoms with Crippen LogP contribution in [0.25, 0.3) is 16.8 Å². The van der Waals surface area contributed by atoms with Crippen molar-refractivity contribution in [3.05, 3.63) is 83.9 Å². The van der Waals surface area contributed by atoms with Gasteiger partial charge in [0.25, 0.3) is 0 Å². The van der Waals surface area contributed by atoms with E-state index in [9.17, 15) is 4.79 Å². The lowest BCUT2D eigenvalue weighted by Crippen LogP contribution is -2.34. The number of hydrogen-bond donors (Lipinski definition) is 1. The van der Waals surface area contributed by atoms with Gasteiger partial charge in [-0.05, 0) is 60.3 Å². The van der Waals surface area contributed by atoms with E-state index >= 15 is 0 Å². The monoisotopic (exact) mass is 374 g/mol. The molecule has 3 rings (SSSR count). The lowest BCUT2D eigenvalue weighted by atomic mass is 10.1. The molecule has 0 saturated heterocycles. The number of fused-ring (bicyclic) bond motifs is 1. The van der Waals surface area contributed by atoms with Crippen molar-refractivity contribution < 1.29 is 9.53 Å². The Bertz CT molecular complexity index is 965. The molecular weight excluding hydrogens is 348 g/mol. The molecule has 1 unspecified atom stereocenters. The van der Waals surface area contributed by atoms with Crippen LogP contribution in [0.1, 0.15) is 17.2 Å². The van der Waals surface area contributed by atoms with Crippen LogP contribution >= 0.6 is 0 Å². The van der Waals surface area contributed by atoms with Crippen molar-refractivity contribution in [1.29, 1.82) is 0 Å². The van der Waals surface area contributed by atoms with Gasteiger partial charge >= 0.3 is 0 Å². The number of benzene rings is 3. The number of amides is 1. The first kappa shape index (κ1) is 19.6. The summed E-state index contributed by atoms with van der Waals surface area (Å²) in [4.78, 5) is 14.6. The van der Waals surface area contributed by atoms with Crippen LogP contribution in [0.5, 0.6) is 5.75 Å². The standard InChI is InChI=1S/C24H26N2O2/c1-26(2)17-23(19-7-5-4-6-8-19)25-24(27)14-10-18-9-11-21-16-22(28-3)13-12-20(21)15-18/h4-16,23H,17H2,1-3H3,(H,25,27)/b14-10+. The maximum atomic E-state index is 12.5. The Balaban J connectivity index is 1.72. The summed E-state index contributed by atoms with van der Waals surface area (Å²) < 4.78 is 5.26. The van der Waals surface area contributed by atoms with Gasteiger partial charge in [-0.25, -0.2) is 0 Å². The Morgan fingerprint density at radius 1 is 1.04 bits per heavy atom. The molecule has 4 nitrogen and oxygen atoms in total. The third kappa shape index (κ3) is 5.21. The second-order valence-corrected chi connectivity index (χ2v) is 7.04. The Kier molecular flexibility index (Phi) is 6.45. The summed E-state index contributed by atoms with van der Waals surface area (Å²) in [7, 11) is 5.67. The number of likely N-dealkylation sites (N-methyl/N-ethyl adjacent to an activating group) is 1.